The smallest absolute Gasteiger partial charge is 0.0684 e. The van der Waals surface area contributed by atoms with Crippen LogP contribution in [0.25, 0.3) is 0 Å². The van der Waals surface area contributed by atoms with Crippen LogP contribution in [0.15, 0.2) is 21.2 Å². The molecule has 0 aliphatic heterocycles. The standard InChI is InChI=1S/C11H16Br2N2S/c1-8(16-2)3-4-14-7-11-10(13)5-9(12)6-15-11/h5-6,8,14H,3-4,7H2,1-2H3. The molecule has 0 amide bonds. The normalized spacial score (nSPS) is 12.8. The first-order valence-electron chi connectivity index (χ1n) is 5.17. The molecule has 0 aliphatic rings. The average Bonchev–Trinajstić information content (AvgIpc) is 2.26. The summed E-state index contributed by atoms with van der Waals surface area (Å²) in [5.74, 6) is 0. The van der Waals surface area contributed by atoms with E-state index in [1.807, 2.05) is 24.0 Å². The molecule has 0 fully saturated rings. The molecule has 0 spiro atoms. The predicted molar refractivity (Wildman–Crippen MR) is 78.9 cm³/mol. The summed E-state index contributed by atoms with van der Waals surface area (Å²) >= 11 is 8.80. The van der Waals surface area contributed by atoms with Gasteiger partial charge < -0.3 is 5.32 Å². The van der Waals surface area contributed by atoms with E-state index < -0.39 is 0 Å². The largest absolute Gasteiger partial charge is 0.311 e. The topological polar surface area (TPSA) is 24.9 Å². The van der Waals surface area contributed by atoms with Crippen molar-refractivity contribution in [2.75, 3.05) is 12.8 Å². The Hall–Kier alpha value is 0.420. The van der Waals surface area contributed by atoms with Crippen molar-refractivity contribution < 1.29 is 0 Å². The lowest BCUT2D eigenvalue weighted by Crippen LogP contribution is -2.18. The van der Waals surface area contributed by atoms with Crippen LogP contribution in [0.5, 0.6) is 0 Å². The third-order valence-electron chi connectivity index (χ3n) is 2.31. The first kappa shape index (κ1) is 14.5. The molecule has 1 atom stereocenters. The minimum atomic E-state index is 0.716. The number of halogens is 2. The number of thioether (sulfide) groups is 1. The predicted octanol–water partition coefficient (Wildman–Crippen LogP) is 3.84. The molecule has 16 heavy (non-hydrogen) atoms. The Morgan fingerprint density at radius 2 is 2.25 bits per heavy atom. The van der Waals surface area contributed by atoms with Gasteiger partial charge in [0.05, 0.1) is 5.69 Å². The molecule has 1 aromatic rings. The van der Waals surface area contributed by atoms with Gasteiger partial charge in [0.25, 0.3) is 0 Å². The van der Waals surface area contributed by atoms with Crippen LogP contribution in [0.2, 0.25) is 0 Å². The lowest BCUT2D eigenvalue weighted by Gasteiger charge is -2.09. The van der Waals surface area contributed by atoms with Gasteiger partial charge >= 0.3 is 0 Å². The molecule has 0 aromatic carbocycles. The van der Waals surface area contributed by atoms with Crippen molar-refractivity contribution in [3.05, 3.63) is 26.9 Å². The molecular formula is C11H16Br2N2S. The van der Waals surface area contributed by atoms with Crippen molar-refractivity contribution in [1.82, 2.24) is 10.3 Å². The number of nitrogens with one attached hydrogen (secondary N) is 1. The Bertz CT molecular complexity index is 334. The molecule has 1 aromatic heterocycles. The minimum absolute atomic E-state index is 0.716. The van der Waals surface area contributed by atoms with E-state index in [-0.39, 0.29) is 0 Å². The Kier molecular flexibility index (Phi) is 6.96. The van der Waals surface area contributed by atoms with Crippen molar-refractivity contribution in [1.29, 1.82) is 0 Å². The quantitative estimate of drug-likeness (QED) is 0.773. The summed E-state index contributed by atoms with van der Waals surface area (Å²) in [7, 11) is 0. The van der Waals surface area contributed by atoms with Crippen molar-refractivity contribution in [2.45, 2.75) is 25.1 Å². The number of hydrogen-bond donors (Lipinski definition) is 1. The molecule has 5 heteroatoms. The van der Waals surface area contributed by atoms with E-state index >= 15 is 0 Å². The van der Waals surface area contributed by atoms with Crippen LogP contribution >= 0.6 is 43.6 Å². The van der Waals surface area contributed by atoms with Crippen molar-refractivity contribution in [2.24, 2.45) is 0 Å². The maximum absolute atomic E-state index is 4.35. The first-order chi connectivity index (χ1) is 7.63. The van der Waals surface area contributed by atoms with Gasteiger partial charge in [-0.3, -0.25) is 4.98 Å². The lowest BCUT2D eigenvalue weighted by molar-refractivity contribution is 0.638. The average molecular weight is 368 g/mol. The van der Waals surface area contributed by atoms with Crippen molar-refractivity contribution in [3.63, 3.8) is 0 Å². The van der Waals surface area contributed by atoms with Gasteiger partial charge in [-0.1, -0.05) is 6.92 Å². The minimum Gasteiger partial charge on any atom is -0.311 e. The first-order valence-corrected chi connectivity index (χ1v) is 8.04. The number of nitrogens with zero attached hydrogens (tertiary/aromatic N) is 1. The zero-order valence-corrected chi connectivity index (χ0v) is 13.5. The molecule has 2 nitrogen and oxygen atoms in total. The molecular weight excluding hydrogens is 352 g/mol. The summed E-state index contributed by atoms with van der Waals surface area (Å²) in [6, 6.07) is 2.02. The van der Waals surface area contributed by atoms with Crippen LogP contribution in [-0.4, -0.2) is 23.0 Å². The number of pyridine rings is 1. The van der Waals surface area contributed by atoms with Gasteiger partial charge in [-0.2, -0.15) is 11.8 Å². The third-order valence-corrected chi connectivity index (χ3v) is 4.47. The molecule has 0 saturated carbocycles. The van der Waals surface area contributed by atoms with Crippen molar-refractivity contribution in [3.8, 4) is 0 Å². The van der Waals surface area contributed by atoms with Gasteiger partial charge in [0, 0.05) is 26.9 Å². The van der Waals surface area contributed by atoms with Crippen LogP contribution in [-0.2, 0) is 6.54 Å². The molecule has 1 heterocycles. The molecule has 1 unspecified atom stereocenters. The van der Waals surface area contributed by atoms with E-state index in [0.29, 0.717) is 5.25 Å². The SMILES string of the molecule is CSC(C)CCNCc1ncc(Br)cc1Br. The van der Waals surface area contributed by atoms with Gasteiger partial charge in [-0.15, -0.1) is 0 Å². The molecule has 0 radical (unpaired) electrons. The molecule has 0 saturated heterocycles. The molecule has 1 rings (SSSR count). The highest BCUT2D eigenvalue weighted by Crippen LogP contribution is 2.19. The monoisotopic (exact) mass is 366 g/mol. The van der Waals surface area contributed by atoms with Gasteiger partial charge in [-0.25, -0.2) is 0 Å². The highest BCUT2D eigenvalue weighted by molar-refractivity contribution is 9.11. The Morgan fingerprint density at radius 3 is 2.88 bits per heavy atom. The van der Waals surface area contributed by atoms with E-state index in [4.69, 9.17) is 0 Å². The van der Waals surface area contributed by atoms with Gasteiger partial charge in [0.1, 0.15) is 0 Å². The fourth-order valence-electron chi connectivity index (χ4n) is 1.20. The maximum Gasteiger partial charge on any atom is 0.0684 e. The summed E-state index contributed by atoms with van der Waals surface area (Å²) < 4.78 is 2.05. The molecule has 1 N–H and O–H groups in total. The summed E-state index contributed by atoms with van der Waals surface area (Å²) in [6.45, 7) is 4.10. The van der Waals surface area contributed by atoms with Gasteiger partial charge in [-0.05, 0) is 57.1 Å². The summed E-state index contributed by atoms with van der Waals surface area (Å²) in [6.07, 6.45) is 5.17. The Balaban J connectivity index is 2.32. The number of aromatic nitrogens is 1. The second kappa shape index (κ2) is 7.69. The Morgan fingerprint density at radius 1 is 1.50 bits per heavy atom. The van der Waals surface area contributed by atoms with E-state index in [2.05, 4.69) is 55.3 Å². The second-order valence-electron chi connectivity index (χ2n) is 3.59. The fraction of sp³-hybridized carbons (Fsp3) is 0.545. The van der Waals surface area contributed by atoms with Crippen LogP contribution in [0.3, 0.4) is 0 Å². The molecule has 0 aliphatic carbocycles. The highest BCUT2D eigenvalue weighted by Gasteiger charge is 2.03. The third kappa shape index (κ3) is 5.17. The maximum atomic E-state index is 4.35. The Labute approximate surface area is 118 Å². The fourth-order valence-corrected chi connectivity index (χ4v) is 2.68. The van der Waals surface area contributed by atoms with E-state index in [0.717, 1.165) is 27.7 Å². The molecule has 90 valence electrons. The van der Waals surface area contributed by atoms with Crippen LogP contribution < -0.4 is 5.32 Å². The zero-order chi connectivity index (χ0) is 12.0. The van der Waals surface area contributed by atoms with Gasteiger partial charge in [0.2, 0.25) is 0 Å². The van der Waals surface area contributed by atoms with E-state index in [1.54, 1.807) is 0 Å². The summed E-state index contributed by atoms with van der Waals surface area (Å²) in [4.78, 5) is 4.35. The lowest BCUT2D eigenvalue weighted by atomic mass is 10.3. The summed E-state index contributed by atoms with van der Waals surface area (Å²) in [5.41, 5.74) is 1.06. The van der Waals surface area contributed by atoms with Crippen LogP contribution in [0.1, 0.15) is 19.0 Å². The number of rotatable bonds is 6. The van der Waals surface area contributed by atoms with E-state index in [1.165, 1.54) is 6.42 Å². The molecule has 0 bridgehead atoms. The highest BCUT2D eigenvalue weighted by atomic mass is 79.9. The van der Waals surface area contributed by atoms with Crippen LogP contribution in [0, 0.1) is 0 Å². The van der Waals surface area contributed by atoms with Crippen LogP contribution in [0.4, 0.5) is 0 Å². The number of hydrogen-bond acceptors (Lipinski definition) is 3. The van der Waals surface area contributed by atoms with E-state index in [9.17, 15) is 0 Å². The second-order valence-corrected chi connectivity index (χ2v) is 6.64. The van der Waals surface area contributed by atoms with Crippen molar-refractivity contribution >= 4 is 43.6 Å². The zero-order valence-electron chi connectivity index (χ0n) is 9.46. The summed E-state index contributed by atoms with van der Waals surface area (Å²) in [5, 5.41) is 4.12. The van der Waals surface area contributed by atoms with Gasteiger partial charge in [0.15, 0.2) is 0 Å².